The van der Waals surface area contributed by atoms with E-state index in [0.717, 1.165) is 41.4 Å². The molecule has 19 heavy (non-hydrogen) atoms. The molecular formula is C16H24N2O. The topological polar surface area (TPSA) is 38.5 Å². The normalized spacial score (nSPS) is 28.6. The Labute approximate surface area is 115 Å². The van der Waals surface area contributed by atoms with Crippen molar-refractivity contribution >= 4 is 11.4 Å². The quantitative estimate of drug-likeness (QED) is 0.845. The first-order valence-corrected chi connectivity index (χ1v) is 7.32. The predicted octanol–water partition coefficient (Wildman–Crippen LogP) is 3.15. The van der Waals surface area contributed by atoms with Crippen LogP contribution in [-0.4, -0.2) is 20.7 Å². The van der Waals surface area contributed by atoms with Gasteiger partial charge in [-0.3, -0.25) is 0 Å². The van der Waals surface area contributed by atoms with Crippen LogP contribution in [0.15, 0.2) is 18.2 Å². The Morgan fingerprint density at radius 3 is 2.74 bits per heavy atom. The summed E-state index contributed by atoms with van der Waals surface area (Å²) in [5.41, 5.74) is 8.06. The SMILES string of the molecule is COc1ccc(N(C)CC2CC3CCC2C3)c(N)c1. The fraction of sp³-hybridized carbons (Fsp3) is 0.625. The smallest absolute Gasteiger partial charge is 0.121 e. The zero-order valence-corrected chi connectivity index (χ0v) is 11.9. The number of nitrogens with two attached hydrogens (primary N) is 1. The summed E-state index contributed by atoms with van der Waals surface area (Å²) in [5, 5.41) is 0. The summed E-state index contributed by atoms with van der Waals surface area (Å²) in [6, 6.07) is 5.97. The van der Waals surface area contributed by atoms with Crippen LogP contribution >= 0.6 is 0 Å². The maximum atomic E-state index is 6.13. The molecule has 3 nitrogen and oxygen atoms in total. The molecule has 2 saturated carbocycles. The summed E-state index contributed by atoms with van der Waals surface area (Å²) in [7, 11) is 3.83. The van der Waals surface area contributed by atoms with Crippen LogP contribution < -0.4 is 15.4 Å². The predicted molar refractivity (Wildman–Crippen MR) is 79.6 cm³/mol. The van der Waals surface area contributed by atoms with E-state index in [1.54, 1.807) is 7.11 Å². The Morgan fingerprint density at radius 1 is 1.32 bits per heavy atom. The van der Waals surface area contributed by atoms with E-state index in [-0.39, 0.29) is 0 Å². The average molecular weight is 260 g/mol. The molecule has 1 aromatic rings. The second-order valence-electron chi connectivity index (χ2n) is 6.24. The van der Waals surface area contributed by atoms with E-state index in [4.69, 9.17) is 10.5 Å². The lowest BCUT2D eigenvalue weighted by Crippen LogP contribution is -2.29. The van der Waals surface area contributed by atoms with Crippen molar-refractivity contribution < 1.29 is 4.74 Å². The number of nitrogens with zero attached hydrogens (tertiary/aromatic N) is 1. The molecule has 3 unspecified atom stereocenters. The minimum absolute atomic E-state index is 0.810. The summed E-state index contributed by atoms with van der Waals surface area (Å²) < 4.78 is 5.20. The number of fused-ring (bicyclic) bond motifs is 2. The third-order valence-corrected chi connectivity index (χ3v) is 5.04. The molecule has 0 aromatic heterocycles. The van der Waals surface area contributed by atoms with Gasteiger partial charge >= 0.3 is 0 Å². The number of nitrogen functional groups attached to an aromatic ring is 1. The van der Waals surface area contributed by atoms with Crippen LogP contribution in [0.3, 0.4) is 0 Å². The molecule has 0 amide bonds. The highest BCUT2D eigenvalue weighted by Gasteiger charge is 2.39. The number of anilines is 2. The number of ether oxygens (including phenoxy) is 1. The van der Waals surface area contributed by atoms with E-state index in [1.807, 2.05) is 12.1 Å². The molecule has 2 fully saturated rings. The molecule has 2 aliphatic rings. The third kappa shape index (κ3) is 2.38. The molecule has 2 bridgehead atoms. The molecule has 1 aromatic carbocycles. The minimum Gasteiger partial charge on any atom is -0.497 e. The summed E-state index contributed by atoms with van der Waals surface area (Å²) in [6.45, 7) is 1.14. The number of rotatable bonds is 4. The van der Waals surface area contributed by atoms with Gasteiger partial charge in [0.25, 0.3) is 0 Å². The maximum Gasteiger partial charge on any atom is 0.121 e. The van der Waals surface area contributed by atoms with E-state index >= 15 is 0 Å². The lowest BCUT2D eigenvalue weighted by atomic mass is 9.88. The fourth-order valence-electron chi connectivity index (χ4n) is 4.06. The second kappa shape index (κ2) is 4.95. The highest BCUT2D eigenvalue weighted by atomic mass is 16.5. The van der Waals surface area contributed by atoms with Gasteiger partial charge in [-0.15, -0.1) is 0 Å². The van der Waals surface area contributed by atoms with Gasteiger partial charge in [-0.1, -0.05) is 6.42 Å². The Morgan fingerprint density at radius 2 is 2.16 bits per heavy atom. The van der Waals surface area contributed by atoms with Gasteiger partial charge in [-0.2, -0.15) is 0 Å². The number of methoxy groups -OCH3 is 1. The van der Waals surface area contributed by atoms with Crippen molar-refractivity contribution in [3.05, 3.63) is 18.2 Å². The van der Waals surface area contributed by atoms with Crippen LogP contribution in [0.1, 0.15) is 25.7 Å². The molecule has 2 aliphatic carbocycles. The monoisotopic (exact) mass is 260 g/mol. The van der Waals surface area contributed by atoms with Crippen molar-refractivity contribution in [1.29, 1.82) is 0 Å². The van der Waals surface area contributed by atoms with E-state index < -0.39 is 0 Å². The molecule has 104 valence electrons. The molecule has 0 aliphatic heterocycles. The lowest BCUT2D eigenvalue weighted by molar-refractivity contribution is 0.337. The standard InChI is InChI=1S/C16H24N2O/c1-18(10-13-8-11-3-4-12(13)7-11)16-6-5-14(19-2)9-15(16)17/h5-6,9,11-13H,3-4,7-8,10,17H2,1-2H3. The Kier molecular flexibility index (Phi) is 3.29. The molecule has 3 atom stereocenters. The number of hydrogen-bond acceptors (Lipinski definition) is 3. The molecule has 0 radical (unpaired) electrons. The Bertz CT molecular complexity index is 460. The van der Waals surface area contributed by atoms with Gasteiger partial charge < -0.3 is 15.4 Å². The maximum absolute atomic E-state index is 6.13. The van der Waals surface area contributed by atoms with E-state index in [9.17, 15) is 0 Å². The van der Waals surface area contributed by atoms with Crippen molar-refractivity contribution in [2.45, 2.75) is 25.7 Å². The minimum atomic E-state index is 0.810. The number of hydrogen-bond donors (Lipinski definition) is 1. The van der Waals surface area contributed by atoms with Crippen LogP contribution in [0.2, 0.25) is 0 Å². The Hall–Kier alpha value is -1.38. The van der Waals surface area contributed by atoms with E-state index in [1.165, 1.54) is 25.7 Å². The van der Waals surface area contributed by atoms with E-state index in [2.05, 4.69) is 18.0 Å². The van der Waals surface area contributed by atoms with Crippen molar-refractivity contribution in [2.24, 2.45) is 17.8 Å². The van der Waals surface area contributed by atoms with Crippen molar-refractivity contribution in [2.75, 3.05) is 31.3 Å². The Balaban J connectivity index is 1.68. The van der Waals surface area contributed by atoms with Crippen LogP contribution in [-0.2, 0) is 0 Å². The summed E-state index contributed by atoms with van der Waals surface area (Å²) >= 11 is 0. The molecule has 0 heterocycles. The molecular weight excluding hydrogens is 236 g/mol. The van der Waals surface area contributed by atoms with Gasteiger partial charge in [0, 0.05) is 19.7 Å². The lowest BCUT2D eigenvalue weighted by Gasteiger charge is -2.29. The zero-order valence-electron chi connectivity index (χ0n) is 11.9. The summed E-state index contributed by atoms with van der Waals surface area (Å²) in [5.74, 6) is 3.67. The first-order valence-electron chi connectivity index (χ1n) is 7.32. The largest absolute Gasteiger partial charge is 0.497 e. The van der Waals surface area contributed by atoms with Gasteiger partial charge in [-0.25, -0.2) is 0 Å². The third-order valence-electron chi connectivity index (χ3n) is 5.04. The zero-order chi connectivity index (χ0) is 13.4. The fourth-order valence-corrected chi connectivity index (χ4v) is 4.06. The van der Waals surface area contributed by atoms with Crippen LogP contribution in [0.4, 0.5) is 11.4 Å². The van der Waals surface area contributed by atoms with Crippen molar-refractivity contribution in [3.63, 3.8) is 0 Å². The molecule has 3 rings (SSSR count). The first kappa shape index (κ1) is 12.6. The van der Waals surface area contributed by atoms with Gasteiger partial charge in [0.15, 0.2) is 0 Å². The highest BCUT2D eigenvalue weighted by molar-refractivity contribution is 5.69. The second-order valence-corrected chi connectivity index (χ2v) is 6.24. The molecule has 3 heteroatoms. The van der Waals surface area contributed by atoms with Gasteiger partial charge in [0.2, 0.25) is 0 Å². The van der Waals surface area contributed by atoms with Gasteiger partial charge in [0.1, 0.15) is 5.75 Å². The first-order chi connectivity index (χ1) is 9.17. The van der Waals surface area contributed by atoms with Crippen LogP contribution in [0.5, 0.6) is 5.75 Å². The number of benzene rings is 1. The van der Waals surface area contributed by atoms with Gasteiger partial charge in [0.05, 0.1) is 18.5 Å². The summed E-state index contributed by atoms with van der Waals surface area (Å²) in [6.07, 6.45) is 5.80. The molecule has 0 spiro atoms. The van der Waals surface area contributed by atoms with Crippen molar-refractivity contribution in [3.8, 4) is 5.75 Å². The summed E-state index contributed by atoms with van der Waals surface area (Å²) in [4.78, 5) is 2.32. The van der Waals surface area contributed by atoms with Gasteiger partial charge in [-0.05, 0) is 49.1 Å². The molecule has 0 saturated heterocycles. The van der Waals surface area contributed by atoms with Crippen LogP contribution in [0.25, 0.3) is 0 Å². The molecule has 2 N–H and O–H groups in total. The van der Waals surface area contributed by atoms with Crippen molar-refractivity contribution in [1.82, 2.24) is 0 Å². The van der Waals surface area contributed by atoms with Crippen LogP contribution in [0, 0.1) is 17.8 Å². The average Bonchev–Trinajstić information content (AvgIpc) is 3.00. The van der Waals surface area contributed by atoms with E-state index in [0.29, 0.717) is 0 Å². The highest BCUT2D eigenvalue weighted by Crippen LogP contribution is 2.48.